The molecule has 4 aromatic rings. The topological polar surface area (TPSA) is 99.6 Å². The minimum Gasteiger partial charge on any atom is -0.399 e. The molecule has 35 heavy (non-hydrogen) atoms. The van der Waals surface area contributed by atoms with Crippen LogP contribution in [0.4, 0.5) is 47.8 Å². The summed E-state index contributed by atoms with van der Waals surface area (Å²) in [6.07, 6.45) is 0.903. The van der Waals surface area contributed by atoms with E-state index in [4.69, 9.17) is 5.73 Å². The number of nitrogens with two attached hydrogens (primary N) is 1. The molecule has 12 heteroatoms. The number of pyridine rings is 1. The molecule has 0 atom stereocenters. The lowest BCUT2D eigenvalue weighted by Gasteiger charge is -2.33. The summed E-state index contributed by atoms with van der Waals surface area (Å²) in [6.45, 7) is 3.28. The Labute approximate surface area is 199 Å². The molecule has 4 N–H and O–H groups in total. The van der Waals surface area contributed by atoms with Gasteiger partial charge in [0.15, 0.2) is 0 Å². The fourth-order valence-corrected chi connectivity index (χ4v) is 3.90. The largest absolute Gasteiger partial charge is 0.416 e. The van der Waals surface area contributed by atoms with Crippen molar-refractivity contribution in [1.82, 2.24) is 24.3 Å². The Morgan fingerprint density at radius 1 is 0.914 bits per heavy atom. The second-order valence-electron chi connectivity index (χ2n) is 8.42. The normalized spacial score (nSPS) is 14.9. The Kier molecular flexibility index (Phi) is 5.81. The summed E-state index contributed by atoms with van der Waals surface area (Å²) in [6, 6.07) is 8.88. The zero-order valence-electron chi connectivity index (χ0n) is 18.9. The highest BCUT2D eigenvalue weighted by molar-refractivity contribution is 5.67. The third-order valence-electron chi connectivity index (χ3n) is 5.75. The Hall–Kier alpha value is -4.06. The second kappa shape index (κ2) is 8.95. The first kappa shape index (κ1) is 22.7. The van der Waals surface area contributed by atoms with E-state index in [0.717, 1.165) is 49.6 Å². The predicted molar refractivity (Wildman–Crippen MR) is 129 cm³/mol. The van der Waals surface area contributed by atoms with Gasteiger partial charge >= 0.3 is 6.18 Å². The molecule has 5 rings (SSSR count). The number of nitrogen functional groups attached to an aromatic ring is 1. The molecule has 9 nitrogen and oxygen atoms in total. The van der Waals surface area contributed by atoms with Crippen LogP contribution >= 0.6 is 0 Å². The zero-order valence-corrected chi connectivity index (χ0v) is 18.9. The van der Waals surface area contributed by atoms with Gasteiger partial charge in [0.25, 0.3) is 0 Å². The van der Waals surface area contributed by atoms with Crippen LogP contribution in [0.2, 0.25) is 0 Å². The molecule has 3 aromatic heterocycles. The van der Waals surface area contributed by atoms with E-state index in [-0.39, 0.29) is 17.3 Å². The molecule has 0 radical (unpaired) electrons. The van der Waals surface area contributed by atoms with Gasteiger partial charge in [-0.2, -0.15) is 23.1 Å². The van der Waals surface area contributed by atoms with E-state index in [2.05, 4.69) is 42.4 Å². The molecule has 1 fully saturated rings. The monoisotopic (exact) mass is 483 g/mol. The van der Waals surface area contributed by atoms with Crippen LogP contribution in [-0.4, -0.2) is 57.5 Å². The summed E-state index contributed by atoms with van der Waals surface area (Å²) in [5, 5.41) is 6.16. The number of hydrogen-bond donors (Lipinski definition) is 3. The van der Waals surface area contributed by atoms with Gasteiger partial charge in [-0.25, -0.2) is 4.98 Å². The number of imidazole rings is 1. The van der Waals surface area contributed by atoms with Crippen molar-refractivity contribution in [1.29, 1.82) is 0 Å². The average molecular weight is 484 g/mol. The van der Waals surface area contributed by atoms with Crippen molar-refractivity contribution >= 4 is 40.3 Å². The lowest BCUT2D eigenvalue weighted by molar-refractivity contribution is -0.137. The van der Waals surface area contributed by atoms with Crippen LogP contribution in [0, 0.1) is 0 Å². The minimum atomic E-state index is -4.52. The van der Waals surface area contributed by atoms with E-state index in [1.807, 2.05) is 35.0 Å². The van der Waals surface area contributed by atoms with Crippen LogP contribution < -0.4 is 21.3 Å². The average Bonchev–Trinajstić information content (AvgIpc) is 3.26. The maximum absolute atomic E-state index is 13.3. The van der Waals surface area contributed by atoms with Crippen molar-refractivity contribution in [3.05, 3.63) is 60.6 Å². The lowest BCUT2D eigenvalue weighted by atomic mass is 10.1. The third kappa shape index (κ3) is 5.22. The number of piperazine rings is 1. The third-order valence-corrected chi connectivity index (χ3v) is 5.75. The van der Waals surface area contributed by atoms with Crippen molar-refractivity contribution in [2.45, 2.75) is 6.18 Å². The van der Waals surface area contributed by atoms with Crippen LogP contribution in [0.1, 0.15) is 5.56 Å². The maximum atomic E-state index is 13.3. The molecule has 0 unspecified atom stereocenters. The van der Waals surface area contributed by atoms with Gasteiger partial charge in [0, 0.05) is 74.0 Å². The number of aromatic nitrogens is 4. The smallest absolute Gasteiger partial charge is 0.399 e. The number of rotatable bonds is 5. The predicted octanol–water partition coefficient (Wildman–Crippen LogP) is 3.96. The van der Waals surface area contributed by atoms with Gasteiger partial charge in [0.2, 0.25) is 5.95 Å². The first-order chi connectivity index (χ1) is 16.7. The summed E-state index contributed by atoms with van der Waals surface area (Å²) in [4.78, 5) is 17.7. The Morgan fingerprint density at radius 2 is 1.71 bits per heavy atom. The molecular formula is C23H24F3N9. The number of benzene rings is 1. The van der Waals surface area contributed by atoms with Gasteiger partial charge in [0.1, 0.15) is 17.3 Å². The van der Waals surface area contributed by atoms with Gasteiger partial charge in [0.05, 0.1) is 5.56 Å². The van der Waals surface area contributed by atoms with E-state index in [1.54, 1.807) is 6.20 Å². The molecule has 0 bridgehead atoms. The van der Waals surface area contributed by atoms with Crippen molar-refractivity contribution in [2.75, 3.05) is 54.5 Å². The van der Waals surface area contributed by atoms with E-state index in [0.29, 0.717) is 11.6 Å². The first-order valence-corrected chi connectivity index (χ1v) is 11.0. The van der Waals surface area contributed by atoms with Crippen LogP contribution in [0.25, 0.3) is 5.65 Å². The fourth-order valence-electron chi connectivity index (χ4n) is 3.90. The molecule has 0 amide bonds. The summed E-state index contributed by atoms with van der Waals surface area (Å²) in [7, 11) is 2.06. The molecule has 1 aromatic carbocycles. The SMILES string of the molecule is CN1CCN(c2cc(Nc3ccn4ccnc4c3)nc(Nc3cc(N)cc(C(F)(F)F)c3)n2)CC1. The van der Waals surface area contributed by atoms with Gasteiger partial charge in [-0.1, -0.05) is 0 Å². The van der Waals surface area contributed by atoms with Crippen LogP contribution in [0.3, 0.4) is 0 Å². The number of nitrogens with one attached hydrogen (secondary N) is 2. The van der Waals surface area contributed by atoms with Gasteiger partial charge < -0.3 is 30.6 Å². The standard InChI is InChI=1S/C23H24F3N9/c1-33-6-8-35(9-7-33)21-14-19(29-17-2-4-34-5-3-28-20(34)13-17)31-22(32-21)30-18-11-15(23(24,25)26)10-16(27)12-18/h2-5,10-14H,6-9,27H2,1H3,(H2,29,30,31,32). The molecule has 1 aliphatic heterocycles. The Balaban J connectivity index is 1.48. The van der Waals surface area contributed by atoms with Gasteiger partial charge in [-0.3, -0.25) is 0 Å². The first-order valence-electron chi connectivity index (χ1n) is 11.0. The van der Waals surface area contributed by atoms with E-state index >= 15 is 0 Å². The molecule has 4 heterocycles. The number of likely N-dealkylation sites (N-methyl/N-ethyl adjacent to an activating group) is 1. The summed E-state index contributed by atoms with van der Waals surface area (Å²) >= 11 is 0. The van der Waals surface area contributed by atoms with Crippen molar-refractivity contribution in [3.8, 4) is 0 Å². The van der Waals surface area contributed by atoms with Crippen molar-refractivity contribution < 1.29 is 13.2 Å². The molecular weight excluding hydrogens is 459 g/mol. The van der Waals surface area contributed by atoms with E-state index in [1.165, 1.54) is 6.07 Å². The Bertz CT molecular complexity index is 1340. The maximum Gasteiger partial charge on any atom is 0.416 e. The number of nitrogens with zero attached hydrogens (tertiary/aromatic N) is 6. The second-order valence-corrected chi connectivity index (χ2v) is 8.42. The van der Waals surface area contributed by atoms with Crippen LogP contribution in [-0.2, 0) is 6.18 Å². The molecule has 1 saturated heterocycles. The minimum absolute atomic E-state index is 0.0103. The molecule has 0 aliphatic carbocycles. The number of hydrogen-bond acceptors (Lipinski definition) is 8. The lowest BCUT2D eigenvalue weighted by Crippen LogP contribution is -2.44. The summed E-state index contributed by atoms with van der Waals surface area (Å²) < 4.78 is 41.7. The van der Waals surface area contributed by atoms with Crippen LogP contribution in [0.5, 0.6) is 0 Å². The highest BCUT2D eigenvalue weighted by atomic mass is 19.4. The zero-order chi connectivity index (χ0) is 24.6. The fraction of sp³-hybridized carbons (Fsp3) is 0.261. The Morgan fingerprint density at radius 3 is 2.49 bits per heavy atom. The summed E-state index contributed by atoms with van der Waals surface area (Å²) in [5.41, 5.74) is 6.55. The highest BCUT2D eigenvalue weighted by Crippen LogP contribution is 2.33. The van der Waals surface area contributed by atoms with Crippen molar-refractivity contribution in [2.24, 2.45) is 0 Å². The molecule has 0 spiro atoms. The van der Waals surface area contributed by atoms with Crippen molar-refractivity contribution in [3.63, 3.8) is 0 Å². The highest BCUT2D eigenvalue weighted by Gasteiger charge is 2.31. The number of fused-ring (bicyclic) bond motifs is 1. The number of halogens is 3. The van der Waals surface area contributed by atoms with E-state index in [9.17, 15) is 13.2 Å². The van der Waals surface area contributed by atoms with Gasteiger partial charge in [-0.05, 0) is 31.3 Å². The quantitative estimate of drug-likeness (QED) is 0.367. The number of anilines is 6. The van der Waals surface area contributed by atoms with E-state index < -0.39 is 11.7 Å². The molecule has 1 aliphatic rings. The summed E-state index contributed by atoms with van der Waals surface area (Å²) in [5.74, 6) is 1.32. The number of alkyl halides is 3. The van der Waals surface area contributed by atoms with Crippen LogP contribution in [0.15, 0.2) is 55.0 Å². The molecule has 182 valence electrons. The van der Waals surface area contributed by atoms with Gasteiger partial charge in [-0.15, -0.1) is 0 Å². The molecule has 0 saturated carbocycles.